The third-order valence-corrected chi connectivity index (χ3v) is 10.0. The Morgan fingerprint density at radius 2 is 1.04 bits per heavy atom. The third kappa shape index (κ3) is 4.02. The molecule has 0 atom stereocenters. The molecule has 0 amide bonds. The molecule has 0 aromatic heterocycles. The minimum atomic E-state index is -0.0961. The van der Waals surface area contributed by atoms with Gasteiger partial charge in [0.05, 0.1) is 5.69 Å². The van der Waals surface area contributed by atoms with Crippen molar-refractivity contribution in [2.24, 2.45) is 0 Å². The summed E-state index contributed by atoms with van der Waals surface area (Å²) in [5.41, 5.74) is 11.2. The highest BCUT2D eigenvalue weighted by atomic mass is 15.1. The Labute approximate surface area is 270 Å². The van der Waals surface area contributed by atoms with Crippen LogP contribution in [-0.2, 0) is 5.41 Å². The van der Waals surface area contributed by atoms with Crippen molar-refractivity contribution >= 4 is 49.4 Å². The largest absolute Gasteiger partial charge is 0.310 e. The Kier molecular flexibility index (Phi) is 5.92. The summed E-state index contributed by atoms with van der Waals surface area (Å²) in [4.78, 5) is 2.48. The van der Waals surface area contributed by atoms with Crippen molar-refractivity contribution in [1.29, 1.82) is 0 Å². The van der Waals surface area contributed by atoms with E-state index in [2.05, 4.69) is 183 Å². The Hall–Kier alpha value is -5.66. The average molecular weight is 588 g/mol. The molecular weight excluding hydrogens is 555 g/mol. The van der Waals surface area contributed by atoms with Gasteiger partial charge in [-0.25, -0.2) is 0 Å². The van der Waals surface area contributed by atoms with Gasteiger partial charge in [-0.15, -0.1) is 0 Å². The van der Waals surface area contributed by atoms with E-state index < -0.39 is 0 Å². The second kappa shape index (κ2) is 10.2. The zero-order valence-electron chi connectivity index (χ0n) is 26.0. The lowest BCUT2D eigenvalue weighted by atomic mass is 9.82. The Bertz CT molecular complexity index is 2450. The molecule has 0 aliphatic heterocycles. The maximum absolute atomic E-state index is 2.48. The van der Waals surface area contributed by atoms with Crippen molar-refractivity contribution < 1.29 is 0 Å². The molecule has 0 fully saturated rings. The first-order valence-electron chi connectivity index (χ1n) is 16.1. The second-order valence-electron chi connectivity index (χ2n) is 13.0. The average Bonchev–Trinajstić information content (AvgIpc) is 3.34. The van der Waals surface area contributed by atoms with Gasteiger partial charge in [-0.2, -0.15) is 0 Å². The third-order valence-electron chi connectivity index (χ3n) is 10.0. The van der Waals surface area contributed by atoms with Gasteiger partial charge < -0.3 is 4.90 Å². The summed E-state index contributed by atoms with van der Waals surface area (Å²) in [6, 6.07) is 60.2. The van der Waals surface area contributed by atoms with Crippen molar-refractivity contribution in [2.45, 2.75) is 19.3 Å². The number of fused-ring (bicyclic) bond motifs is 8. The van der Waals surface area contributed by atoms with Crippen molar-refractivity contribution in [2.75, 3.05) is 4.90 Å². The summed E-state index contributed by atoms with van der Waals surface area (Å²) in [6.07, 6.45) is 0. The van der Waals surface area contributed by atoms with Crippen molar-refractivity contribution in [3.05, 3.63) is 175 Å². The molecule has 1 aliphatic carbocycles. The first-order valence-corrected chi connectivity index (χ1v) is 16.1. The topological polar surface area (TPSA) is 3.24 Å². The fraction of sp³-hybridized carbons (Fsp3) is 0.0667. The number of nitrogens with zero attached hydrogens (tertiary/aromatic N) is 1. The molecule has 0 unspecified atom stereocenters. The molecule has 1 aliphatic rings. The quantitative estimate of drug-likeness (QED) is 0.185. The van der Waals surface area contributed by atoms with Crippen LogP contribution in [-0.4, -0.2) is 0 Å². The summed E-state index contributed by atoms with van der Waals surface area (Å²) >= 11 is 0. The highest BCUT2D eigenvalue weighted by Gasteiger charge is 2.35. The van der Waals surface area contributed by atoms with Crippen LogP contribution in [0.3, 0.4) is 0 Å². The predicted molar refractivity (Wildman–Crippen MR) is 197 cm³/mol. The van der Waals surface area contributed by atoms with Gasteiger partial charge in [-0.3, -0.25) is 0 Å². The lowest BCUT2D eigenvalue weighted by molar-refractivity contribution is 0.660. The van der Waals surface area contributed by atoms with Gasteiger partial charge in [0.25, 0.3) is 0 Å². The van der Waals surface area contributed by atoms with Gasteiger partial charge in [-0.05, 0) is 90.6 Å². The van der Waals surface area contributed by atoms with E-state index in [1.54, 1.807) is 0 Å². The van der Waals surface area contributed by atoms with Crippen LogP contribution in [0.5, 0.6) is 0 Å². The molecule has 218 valence electrons. The molecule has 1 heteroatoms. The number of hydrogen-bond donors (Lipinski definition) is 0. The van der Waals surface area contributed by atoms with E-state index in [0.29, 0.717) is 0 Å². The first kappa shape index (κ1) is 26.7. The molecule has 1 nitrogen and oxygen atoms in total. The molecule has 46 heavy (non-hydrogen) atoms. The fourth-order valence-electron chi connectivity index (χ4n) is 7.74. The Morgan fingerprint density at radius 1 is 0.391 bits per heavy atom. The summed E-state index contributed by atoms with van der Waals surface area (Å²) in [6.45, 7) is 4.72. The fourth-order valence-corrected chi connectivity index (χ4v) is 7.74. The van der Waals surface area contributed by atoms with Crippen LogP contribution in [0.2, 0.25) is 0 Å². The minimum absolute atomic E-state index is 0.0961. The monoisotopic (exact) mass is 587 g/mol. The van der Waals surface area contributed by atoms with Crippen LogP contribution < -0.4 is 4.90 Å². The van der Waals surface area contributed by atoms with E-state index in [1.807, 2.05) is 0 Å². The molecule has 9 rings (SSSR count). The van der Waals surface area contributed by atoms with Gasteiger partial charge in [-0.1, -0.05) is 147 Å². The summed E-state index contributed by atoms with van der Waals surface area (Å²) < 4.78 is 0. The van der Waals surface area contributed by atoms with Gasteiger partial charge in [0.15, 0.2) is 0 Å². The Balaban J connectivity index is 1.35. The molecule has 8 aromatic rings. The molecule has 8 aromatic carbocycles. The molecule has 0 heterocycles. The molecular formula is C45H33N. The number of benzene rings is 8. The zero-order chi connectivity index (χ0) is 30.8. The van der Waals surface area contributed by atoms with Crippen LogP contribution >= 0.6 is 0 Å². The van der Waals surface area contributed by atoms with Crippen LogP contribution in [0, 0.1) is 0 Å². The molecule has 0 saturated carbocycles. The number of hydrogen-bond acceptors (Lipinski definition) is 1. The van der Waals surface area contributed by atoms with E-state index in [0.717, 1.165) is 11.4 Å². The van der Waals surface area contributed by atoms with Crippen molar-refractivity contribution in [3.8, 4) is 22.3 Å². The van der Waals surface area contributed by atoms with Gasteiger partial charge in [0, 0.05) is 22.2 Å². The number of anilines is 3. The normalized spacial score (nSPS) is 13.2. The van der Waals surface area contributed by atoms with Crippen molar-refractivity contribution in [1.82, 2.24) is 0 Å². The maximum atomic E-state index is 2.48. The van der Waals surface area contributed by atoms with Crippen LogP contribution in [0.1, 0.15) is 25.0 Å². The standard InChI is InChI=1S/C45H33N/c1-45(2)42-22-11-10-20-38(42)39-26-24-34(28-43(39)45)46(33-17-12-16-32(27-33)30-13-4-3-5-14-30)44-29-41-35-18-7-6-15-31(35)23-25-37(41)36-19-8-9-21-40(36)44/h3-29H,1-2H3. The lowest BCUT2D eigenvalue weighted by Gasteiger charge is -2.30. The van der Waals surface area contributed by atoms with Gasteiger partial charge in [0.1, 0.15) is 0 Å². The highest BCUT2D eigenvalue weighted by molar-refractivity contribution is 6.21. The smallest absolute Gasteiger partial charge is 0.0546 e. The van der Waals surface area contributed by atoms with E-state index in [1.165, 1.54) is 71.4 Å². The molecule has 0 radical (unpaired) electrons. The van der Waals surface area contributed by atoms with Gasteiger partial charge in [0.2, 0.25) is 0 Å². The minimum Gasteiger partial charge on any atom is -0.310 e. The molecule has 0 bridgehead atoms. The second-order valence-corrected chi connectivity index (χ2v) is 13.0. The highest BCUT2D eigenvalue weighted by Crippen LogP contribution is 2.51. The van der Waals surface area contributed by atoms with Crippen LogP contribution in [0.4, 0.5) is 17.1 Å². The molecule has 0 saturated heterocycles. The SMILES string of the molecule is CC1(C)c2ccccc2-c2ccc(N(c3cccc(-c4ccccc4)c3)c3cc4c5ccccc5ccc4c4ccccc34)cc21. The molecule has 0 spiro atoms. The zero-order valence-corrected chi connectivity index (χ0v) is 26.0. The van der Waals surface area contributed by atoms with Crippen LogP contribution in [0.25, 0.3) is 54.6 Å². The first-order chi connectivity index (χ1) is 22.6. The van der Waals surface area contributed by atoms with Crippen molar-refractivity contribution in [3.63, 3.8) is 0 Å². The summed E-state index contributed by atoms with van der Waals surface area (Å²) in [7, 11) is 0. The Morgan fingerprint density at radius 3 is 1.91 bits per heavy atom. The lowest BCUT2D eigenvalue weighted by Crippen LogP contribution is -2.16. The maximum Gasteiger partial charge on any atom is 0.0546 e. The van der Waals surface area contributed by atoms with Gasteiger partial charge >= 0.3 is 0 Å². The predicted octanol–water partition coefficient (Wildman–Crippen LogP) is 12.6. The number of rotatable bonds is 4. The van der Waals surface area contributed by atoms with E-state index in [4.69, 9.17) is 0 Å². The molecule has 0 N–H and O–H groups in total. The van der Waals surface area contributed by atoms with E-state index in [-0.39, 0.29) is 5.41 Å². The van der Waals surface area contributed by atoms with Crippen LogP contribution in [0.15, 0.2) is 164 Å². The summed E-state index contributed by atoms with van der Waals surface area (Å²) in [5.74, 6) is 0. The van der Waals surface area contributed by atoms with E-state index >= 15 is 0 Å². The van der Waals surface area contributed by atoms with E-state index in [9.17, 15) is 0 Å². The summed E-state index contributed by atoms with van der Waals surface area (Å²) in [5, 5.41) is 7.57.